The summed E-state index contributed by atoms with van der Waals surface area (Å²) in [6.07, 6.45) is 11.9. The van der Waals surface area contributed by atoms with Gasteiger partial charge in [-0.2, -0.15) is 0 Å². The summed E-state index contributed by atoms with van der Waals surface area (Å²) in [5.74, 6) is 0. The van der Waals surface area contributed by atoms with Gasteiger partial charge < -0.3 is 4.57 Å². The second kappa shape index (κ2) is 5.36. The van der Waals surface area contributed by atoms with Gasteiger partial charge in [-0.3, -0.25) is 0 Å². The SMILES string of the molecule is C=C/C=C\c1c(/C=C\C)c(C=C)n(C)c1C. The second-order valence-electron chi connectivity index (χ2n) is 3.66. The van der Waals surface area contributed by atoms with Crippen molar-refractivity contribution in [3.8, 4) is 0 Å². The number of rotatable bonds is 4. The zero-order valence-corrected chi connectivity index (χ0v) is 10.3. The summed E-state index contributed by atoms with van der Waals surface area (Å²) < 4.78 is 2.16. The number of nitrogens with zero attached hydrogens (tertiary/aromatic N) is 1. The molecule has 0 spiro atoms. The summed E-state index contributed by atoms with van der Waals surface area (Å²) >= 11 is 0. The lowest BCUT2D eigenvalue weighted by molar-refractivity contribution is 0.870. The fourth-order valence-corrected chi connectivity index (χ4v) is 1.84. The molecule has 1 aromatic heterocycles. The molecule has 1 heteroatoms. The minimum Gasteiger partial charge on any atom is -0.347 e. The van der Waals surface area contributed by atoms with E-state index < -0.39 is 0 Å². The van der Waals surface area contributed by atoms with Crippen molar-refractivity contribution < 1.29 is 0 Å². The third-order valence-electron chi connectivity index (χ3n) is 2.75. The van der Waals surface area contributed by atoms with Gasteiger partial charge in [0.1, 0.15) is 0 Å². The Balaban J connectivity index is 3.50. The highest BCUT2D eigenvalue weighted by Gasteiger charge is 2.11. The quantitative estimate of drug-likeness (QED) is 0.660. The van der Waals surface area contributed by atoms with Crippen molar-refractivity contribution >= 4 is 18.2 Å². The monoisotopic (exact) mass is 213 g/mol. The van der Waals surface area contributed by atoms with Crippen LogP contribution in [0, 0.1) is 6.92 Å². The third kappa shape index (κ3) is 2.08. The molecule has 0 aliphatic rings. The number of hydrogen-bond acceptors (Lipinski definition) is 0. The van der Waals surface area contributed by atoms with Crippen molar-refractivity contribution in [2.24, 2.45) is 7.05 Å². The summed E-state index contributed by atoms with van der Waals surface area (Å²) in [5, 5.41) is 0. The molecule has 1 aromatic rings. The lowest BCUT2D eigenvalue weighted by atomic mass is 10.1. The maximum atomic E-state index is 3.87. The summed E-state index contributed by atoms with van der Waals surface area (Å²) in [5.41, 5.74) is 4.84. The number of allylic oxidation sites excluding steroid dienone is 3. The fourth-order valence-electron chi connectivity index (χ4n) is 1.84. The van der Waals surface area contributed by atoms with Crippen LogP contribution in [-0.2, 0) is 7.05 Å². The first-order valence-electron chi connectivity index (χ1n) is 5.40. The maximum Gasteiger partial charge on any atom is 0.0480 e. The van der Waals surface area contributed by atoms with E-state index in [1.165, 1.54) is 16.8 Å². The molecule has 0 bridgehead atoms. The molecule has 0 fully saturated rings. The van der Waals surface area contributed by atoms with Gasteiger partial charge in [-0.15, -0.1) is 0 Å². The first-order valence-corrected chi connectivity index (χ1v) is 5.40. The molecule has 84 valence electrons. The van der Waals surface area contributed by atoms with Crippen LogP contribution >= 0.6 is 0 Å². The summed E-state index contributed by atoms with van der Waals surface area (Å²) in [6.45, 7) is 11.7. The molecule has 16 heavy (non-hydrogen) atoms. The summed E-state index contributed by atoms with van der Waals surface area (Å²) in [4.78, 5) is 0. The van der Waals surface area contributed by atoms with Crippen LogP contribution in [0.15, 0.2) is 31.4 Å². The normalized spacial score (nSPS) is 11.4. The Bertz CT molecular complexity index is 456. The highest BCUT2D eigenvalue weighted by Crippen LogP contribution is 2.25. The van der Waals surface area contributed by atoms with Crippen molar-refractivity contribution in [1.82, 2.24) is 4.57 Å². The molecule has 0 aromatic carbocycles. The predicted molar refractivity (Wildman–Crippen MR) is 74.2 cm³/mol. The molecule has 0 amide bonds. The van der Waals surface area contributed by atoms with Crippen molar-refractivity contribution in [2.45, 2.75) is 13.8 Å². The largest absolute Gasteiger partial charge is 0.347 e. The average Bonchev–Trinajstić information content (AvgIpc) is 2.50. The van der Waals surface area contributed by atoms with Gasteiger partial charge in [0.15, 0.2) is 0 Å². The van der Waals surface area contributed by atoms with E-state index in [2.05, 4.69) is 43.8 Å². The molecular weight excluding hydrogens is 194 g/mol. The lowest BCUT2D eigenvalue weighted by Crippen LogP contribution is -1.93. The van der Waals surface area contributed by atoms with E-state index in [0.717, 1.165) is 5.69 Å². The van der Waals surface area contributed by atoms with Crippen molar-refractivity contribution in [3.05, 3.63) is 53.9 Å². The Morgan fingerprint density at radius 1 is 1.12 bits per heavy atom. The van der Waals surface area contributed by atoms with Gasteiger partial charge in [0.25, 0.3) is 0 Å². The molecule has 1 heterocycles. The zero-order valence-electron chi connectivity index (χ0n) is 10.3. The summed E-state index contributed by atoms with van der Waals surface area (Å²) in [7, 11) is 2.06. The van der Waals surface area contributed by atoms with E-state index in [1.54, 1.807) is 6.08 Å². The van der Waals surface area contributed by atoms with Crippen LogP contribution in [-0.4, -0.2) is 4.57 Å². The van der Waals surface area contributed by atoms with E-state index in [4.69, 9.17) is 0 Å². The molecule has 0 aliphatic heterocycles. The van der Waals surface area contributed by atoms with Crippen molar-refractivity contribution in [2.75, 3.05) is 0 Å². The number of aromatic nitrogens is 1. The lowest BCUT2D eigenvalue weighted by Gasteiger charge is -1.99. The predicted octanol–water partition coefficient (Wildman–Crippen LogP) is 4.21. The molecule has 0 saturated heterocycles. The van der Waals surface area contributed by atoms with Crippen LogP contribution in [0.25, 0.3) is 18.2 Å². The molecule has 0 unspecified atom stereocenters. The maximum absolute atomic E-state index is 3.87. The van der Waals surface area contributed by atoms with Gasteiger partial charge in [0, 0.05) is 29.6 Å². The van der Waals surface area contributed by atoms with Gasteiger partial charge in [0.2, 0.25) is 0 Å². The van der Waals surface area contributed by atoms with Crippen molar-refractivity contribution in [3.63, 3.8) is 0 Å². The fraction of sp³-hybridized carbons (Fsp3) is 0.200. The Kier molecular flexibility index (Phi) is 4.12. The Hall–Kier alpha value is -1.76. The van der Waals surface area contributed by atoms with Gasteiger partial charge in [0.05, 0.1) is 0 Å². The smallest absolute Gasteiger partial charge is 0.0480 e. The van der Waals surface area contributed by atoms with Gasteiger partial charge in [-0.25, -0.2) is 0 Å². The first kappa shape index (κ1) is 12.3. The molecule has 0 radical (unpaired) electrons. The van der Waals surface area contributed by atoms with Crippen LogP contribution in [0.2, 0.25) is 0 Å². The second-order valence-corrected chi connectivity index (χ2v) is 3.66. The van der Waals surface area contributed by atoms with Gasteiger partial charge in [-0.05, 0) is 19.9 Å². The molecular formula is C15H19N. The Labute approximate surface area is 98.1 Å². The Morgan fingerprint density at radius 3 is 2.31 bits per heavy atom. The molecule has 1 nitrogen and oxygen atoms in total. The van der Waals surface area contributed by atoms with Crippen LogP contribution in [0.3, 0.4) is 0 Å². The van der Waals surface area contributed by atoms with Gasteiger partial charge >= 0.3 is 0 Å². The third-order valence-corrected chi connectivity index (χ3v) is 2.75. The van der Waals surface area contributed by atoms with E-state index in [9.17, 15) is 0 Å². The van der Waals surface area contributed by atoms with E-state index in [0.29, 0.717) is 0 Å². The molecule has 0 saturated carbocycles. The molecule has 0 atom stereocenters. The van der Waals surface area contributed by atoms with E-state index in [1.807, 2.05) is 25.2 Å². The van der Waals surface area contributed by atoms with Gasteiger partial charge in [-0.1, -0.05) is 43.5 Å². The molecule has 1 rings (SSSR count). The number of hydrogen-bond donors (Lipinski definition) is 0. The zero-order chi connectivity index (χ0) is 12.1. The minimum atomic E-state index is 1.15. The van der Waals surface area contributed by atoms with Crippen LogP contribution in [0.4, 0.5) is 0 Å². The topological polar surface area (TPSA) is 4.93 Å². The molecule has 0 aliphatic carbocycles. The molecule has 0 N–H and O–H groups in total. The highest BCUT2D eigenvalue weighted by atomic mass is 15.0. The summed E-state index contributed by atoms with van der Waals surface area (Å²) in [6, 6.07) is 0. The standard InChI is InChI=1S/C15H19N/c1-6-9-11-13-12(4)16(5)15(8-3)14(13)10-7-2/h6-11H,1,3H2,2,4-5H3/b10-7-,11-9-. The van der Waals surface area contributed by atoms with Crippen molar-refractivity contribution in [1.29, 1.82) is 0 Å². The first-order chi connectivity index (χ1) is 7.67. The van der Waals surface area contributed by atoms with Crippen LogP contribution in [0.1, 0.15) is 29.4 Å². The average molecular weight is 213 g/mol. The van der Waals surface area contributed by atoms with Crippen LogP contribution < -0.4 is 0 Å². The Morgan fingerprint density at radius 2 is 1.81 bits per heavy atom. The van der Waals surface area contributed by atoms with E-state index >= 15 is 0 Å². The van der Waals surface area contributed by atoms with E-state index in [-0.39, 0.29) is 0 Å². The highest BCUT2D eigenvalue weighted by molar-refractivity contribution is 5.75. The minimum absolute atomic E-state index is 1.15. The van der Waals surface area contributed by atoms with Crippen LogP contribution in [0.5, 0.6) is 0 Å².